The van der Waals surface area contributed by atoms with Crippen LogP contribution in [0.5, 0.6) is 5.75 Å². The van der Waals surface area contributed by atoms with Gasteiger partial charge < -0.3 is 21.1 Å². The molecule has 1 aromatic heterocycles. The first kappa shape index (κ1) is 12.6. The Morgan fingerprint density at radius 1 is 1.37 bits per heavy atom. The van der Waals surface area contributed by atoms with Crippen LogP contribution in [-0.4, -0.2) is 28.4 Å². The van der Waals surface area contributed by atoms with Gasteiger partial charge in [0.15, 0.2) is 5.43 Å². The fraction of sp³-hybridized carbons (Fsp3) is 0.0833. The van der Waals surface area contributed by atoms with Crippen molar-refractivity contribution < 1.29 is 14.7 Å². The van der Waals surface area contributed by atoms with Gasteiger partial charge in [0.1, 0.15) is 11.4 Å². The highest BCUT2D eigenvalue weighted by Crippen LogP contribution is 2.19. The standard InChI is InChI=1S/C12H11N3O4/c13-10(18)5-14-12(19)7-4-9(17)6-2-1-3-8(16)11(6)15-7/h1-4,16H,5H2,(H2,13,18)(H,14,19)(H,15,17). The summed E-state index contributed by atoms with van der Waals surface area (Å²) in [5, 5.41) is 12.2. The lowest BCUT2D eigenvalue weighted by Gasteiger charge is -2.05. The smallest absolute Gasteiger partial charge is 0.268 e. The number of pyridine rings is 1. The topological polar surface area (TPSA) is 125 Å². The number of carbonyl (C=O) groups is 2. The minimum absolute atomic E-state index is 0.0553. The molecule has 7 heteroatoms. The summed E-state index contributed by atoms with van der Waals surface area (Å²) in [6.45, 7) is -0.334. The fourth-order valence-corrected chi connectivity index (χ4v) is 1.64. The molecular formula is C12H11N3O4. The Balaban J connectivity index is 2.46. The van der Waals surface area contributed by atoms with Crippen molar-refractivity contribution in [1.29, 1.82) is 0 Å². The van der Waals surface area contributed by atoms with Crippen LogP contribution in [-0.2, 0) is 4.79 Å². The fourth-order valence-electron chi connectivity index (χ4n) is 1.64. The second-order valence-electron chi connectivity index (χ2n) is 3.90. The van der Waals surface area contributed by atoms with Crippen LogP contribution < -0.4 is 16.5 Å². The molecule has 7 nitrogen and oxygen atoms in total. The quantitative estimate of drug-likeness (QED) is 0.591. The molecule has 0 saturated heterocycles. The molecule has 2 amide bonds. The lowest BCUT2D eigenvalue weighted by molar-refractivity contribution is -0.117. The third-order valence-electron chi connectivity index (χ3n) is 2.51. The largest absolute Gasteiger partial charge is 0.506 e. The number of amides is 2. The van der Waals surface area contributed by atoms with Crippen molar-refractivity contribution in [1.82, 2.24) is 10.3 Å². The van der Waals surface area contributed by atoms with Gasteiger partial charge in [0.2, 0.25) is 5.91 Å². The zero-order chi connectivity index (χ0) is 14.0. The van der Waals surface area contributed by atoms with Gasteiger partial charge >= 0.3 is 0 Å². The van der Waals surface area contributed by atoms with Crippen molar-refractivity contribution in [3.63, 3.8) is 0 Å². The van der Waals surface area contributed by atoms with E-state index >= 15 is 0 Å². The second kappa shape index (κ2) is 4.81. The molecule has 0 bridgehead atoms. The molecule has 1 heterocycles. The number of aromatic nitrogens is 1. The van der Waals surface area contributed by atoms with Crippen LogP contribution in [0.3, 0.4) is 0 Å². The molecule has 19 heavy (non-hydrogen) atoms. The first-order valence-corrected chi connectivity index (χ1v) is 5.40. The van der Waals surface area contributed by atoms with E-state index < -0.39 is 17.2 Å². The summed E-state index contributed by atoms with van der Waals surface area (Å²) in [5.74, 6) is -1.49. The van der Waals surface area contributed by atoms with E-state index in [4.69, 9.17) is 5.73 Å². The zero-order valence-corrected chi connectivity index (χ0v) is 9.77. The van der Waals surface area contributed by atoms with Crippen LogP contribution in [0, 0.1) is 0 Å². The first-order valence-electron chi connectivity index (χ1n) is 5.40. The maximum absolute atomic E-state index is 11.8. The van der Waals surface area contributed by atoms with Crippen molar-refractivity contribution >= 4 is 22.7 Å². The third kappa shape index (κ3) is 2.54. The number of carbonyl (C=O) groups excluding carboxylic acids is 2. The second-order valence-corrected chi connectivity index (χ2v) is 3.90. The number of phenolic OH excluding ortho intramolecular Hbond substituents is 1. The van der Waals surface area contributed by atoms with E-state index in [2.05, 4.69) is 10.3 Å². The molecule has 2 rings (SSSR count). The number of para-hydroxylation sites is 1. The number of hydrogen-bond donors (Lipinski definition) is 4. The number of fused-ring (bicyclic) bond motifs is 1. The van der Waals surface area contributed by atoms with Gasteiger partial charge in [-0.3, -0.25) is 14.4 Å². The van der Waals surface area contributed by atoms with Gasteiger partial charge in [-0.2, -0.15) is 0 Å². The van der Waals surface area contributed by atoms with Gasteiger partial charge in [0.05, 0.1) is 12.1 Å². The summed E-state index contributed by atoms with van der Waals surface area (Å²) < 4.78 is 0. The zero-order valence-electron chi connectivity index (χ0n) is 9.77. The van der Waals surface area contributed by atoms with E-state index in [-0.39, 0.29) is 28.9 Å². The molecule has 0 atom stereocenters. The number of aromatic amines is 1. The van der Waals surface area contributed by atoms with Crippen molar-refractivity contribution in [2.45, 2.75) is 0 Å². The Bertz CT molecular complexity index is 720. The number of nitrogens with two attached hydrogens (primary N) is 1. The minimum atomic E-state index is -0.695. The number of benzene rings is 1. The number of rotatable bonds is 3. The SMILES string of the molecule is NC(=O)CNC(=O)c1cc(=O)c2cccc(O)c2[nH]1. The molecule has 0 aliphatic carbocycles. The molecule has 0 spiro atoms. The summed E-state index contributed by atoms with van der Waals surface area (Å²) in [6, 6.07) is 5.54. The van der Waals surface area contributed by atoms with Crippen LogP contribution in [0.4, 0.5) is 0 Å². The molecule has 0 unspecified atom stereocenters. The molecule has 0 aliphatic heterocycles. The Kier molecular flexibility index (Phi) is 3.19. The van der Waals surface area contributed by atoms with Gasteiger partial charge in [-0.05, 0) is 12.1 Å². The van der Waals surface area contributed by atoms with Gasteiger partial charge in [-0.1, -0.05) is 6.07 Å². The molecule has 0 aliphatic rings. The van der Waals surface area contributed by atoms with Crippen molar-refractivity contribution in [3.05, 3.63) is 40.2 Å². The number of hydrogen-bond acceptors (Lipinski definition) is 4. The molecule has 1 aromatic carbocycles. The van der Waals surface area contributed by atoms with Crippen molar-refractivity contribution in [2.24, 2.45) is 5.73 Å². The molecule has 0 fully saturated rings. The van der Waals surface area contributed by atoms with E-state index in [1.54, 1.807) is 0 Å². The molecule has 0 radical (unpaired) electrons. The van der Waals surface area contributed by atoms with Crippen LogP contribution in [0.15, 0.2) is 29.1 Å². The lowest BCUT2D eigenvalue weighted by atomic mass is 10.1. The number of primary amides is 1. The predicted molar refractivity (Wildman–Crippen MR) is 67.8 cm³/mol. The molecular weight excluding hydrogens is 250 g/mol. The summed E-state index contributed by atoms with van der Waals surface area (Å²) >= 11 is 0. The van der Waals surface area contributed by atoms with E-state index in [9.17, 15) is 19.5 Å². The molecule has 98 valence electrons. The monoisotopic (exact) mass is 261 g/mol. The average Bonchev–Trinajstić information content (AvgIpc) is 2.37. The normalized spacial score (nSPS) is 10.3. The van der Waals surface area contributed by atoms with Crippen molar-refractivity contribution in [2.75, 3.05) is 6.54 Å². The van der Waals surface area contributed by atoms with E-state index in [0.29, 0.717) is 0 Å². The van der Waals surface area contributed by atoms with Gasteiger partial charge in [-0.25, -0.2) is 0 Å². The highest BCUT2D eigenvalue weighted by Gasteiger charge is 2.11. The Hall–Kier alpha value is -2.83. The number of aromatic hydroxyl groups is 1. The summed E-state index contributed by atoms with van der Waals surface area (Å²) in [7, 11) is 0. The molecule has 5 N–H and O–H groups in total. The van der Waals surface area contributed by atoms with E-state index in [0.717, 1.165) is 6.07 Å². The van der Waals surface area contributed by atoms with Crippen LogP contribution in [0.25, 0.3) is 10.9 Å². The highest BCUT2D eigenvalue weighted by atomic mass is 16.3. The maximum atomic E-state index is 11.8. The summed E-state index contributed by atoms with van der Waals surface area (Å²) in [4.78, 5) is 36.7. The van der Waals surface area contributed by atoms with Crippen molar-refractivity contribution in [3.8, 4) is 5.75 Å². The Morgan fingerprint density at radius 2 is 2.11 bits per heavy atom. The molecule has 0 saturated carbocycles. The predicted octanol–water partition coefficient (Wildman–Crippen LogP) is -0.551. The van der Waals surface area contributed by atoms with Gasteiger partial charge in [-0.15, -0.1) is 0 Å². The van der Waals surface area contributed by atoms with Crippen LogP contribution in [0.1, 0.15) is 10.5 Å². The van der Waals surface area contributed by atoms with Gasteiger partial charge in [0, 0.05) is 11.5 Å². The summed E-state index contributed by atoms with van der Waals surface area (Å²) in [6.07, 6.45) is 0. The van der Waals surface area contributed by atoms with E-state index in [1.807, 2.05) is 0 Å². The average molecular weight is 261 g/mol. The first-order chi connectivity index (χ1) is 8.99. The van der Waals surface area contributed by atoms with E-state index in [1.165, 1.54) is 18.2 Å². The van der Waals surface area contributed by atoms with Crippen LogP contribution in [0.2, 0.25) is 0 Å². The molecule has 2 aromatic rings. The Labute approximate surface area is 107 Å². The number of H-pyrrole nitrogens is 1. The number of nitrogens with one attached hydrogen (secondary N) is 2. The highest BCUT2D eigenvalue weighted by molar-refractivity contribution is 5.97. The van der Waals surface area contributed by atoms with Crippen LogP contribution >= 0.6 is 0 Å². The Morgan fingerprint density at radius 3 is 2.79 bits per heavy atom. The summed E-state index contributed by atoms with van der Waals surface area (Å²) in [5.41, 5.74) is 4.60. The third-order valence-corrected chi connectivity index (χ3v) is 2.51. The maximum Gasteiger partial charge on any atom is 0.268 e. The van der Waals surface area contributed by atoms with Gasteiger partial charge in [0.25, 0.3) is 5.91 Å². The lowest BCUT2D eigenvalue weighted by Crippen LogP contribution is -2.34. The minimum Gasteiger partial charge on any atom is -0.506 e. The number of phenols is 1.